The summed E-state index contributed by atoms with van der Waals surface area (Å²) in [6, 6.07) is 12.3. The first-order valence-corrected chi connectivity index (χ1v) is 15.0. The second-order valence-corrected chi connectivity index (χ2v) is 11.9. The predicted octanol–water partition coefficient (Wildman–Crippen LogP) is 3.98. The van der Waals surface area contributed by atoms with E-state index in [0.717, 1.165) is 31.2 Å². The fourth-order valence-electron chi connectivity index (χ4n) is 6.75. The second kappa shape index (κ2) is 13.1. The minimum atomic E-state index is -2.76. The Balaban J connectivity index is 1.33. The number of alkyl halides is 2. The Bertz CT molecular complexity index is 1270. The molecule has 0 spiro atoms. The van der Waals surface area contributed by atoms with Gasteiger partial charge in [-0.1, -0.05) is 49.2 Å². The van der Waals surface area contributed by atoms with Gasteiger partial charge in [-0.25, -0.2) is 8.78 Å². The Morgan fingerprint density at radius 2 is 1.67 bits per heavy atom. The molecule has 5 rings (SSSR count). The number of hydrogen-bond acceptors (Lipinski definition) is 5. The smallest absolute Gasteiger partial charge is 0.289 e. The van der Waals surface area contributed by atoms with E-state index in [4.69, 9.17) is 0 Å². The molecule has 2 N–H and O–H groups in total. The zero-order valence-corrected chi connectivity index (χ0v) is 23.6. The first-order valence-electron chi connectivity index (χ1n) is 15.0. The summed E-state index contributed by atoms with van der Waals surface area (Å²) in [7, 11) is 0. The largest absolute Gasteiger partial charge is 0.344 e. The molecule has 1 saturated heterocycles. The van der Waals surface area contributed by atoms with Crippen LogP contribution in [0.4, 0.5) is 8.78 Å². The van der Waals surface area contributed by atoms with Crippen LogP contribution in [0.15, 0.2) is 54.7 Å². The average Bonchev–Trinajstić information content (AvgIpc) is 3.40. The fraction of sp³-hybridized carbons (Fsp3) is 0.531. The van der Waals surface area contributed by atoms with Gasteiger partial charge >= 0.3 is 0 Å². The summed E-state index contributed by atoms with van der Waals surface area (Å²) in [6.07, 6.45) is 5.30. The van der Waals surface area contributed by atoms with E-state index in [2.05, 4.69) is 15.6 Å². The zero-order valence-electron chi connectivity index (χ0n) is 23.6. The Labute approximate surface area is 244 Å². The van der Waals surface area contributed by atoms with Crippen LogP contribution in [0.2, 0.25) is 0 Å². The summed E-state index contributed by atoms with van der Waals surface area (Å²) in [6.45, 7) is 0.0616. The number of hydrogen-bond donors (Lipinski definition) is 2. The molecule has 4 atom stereocenters. The normalized spacial score (nSPS) is 24.3. The molecule has 3 fully saturated rings. The van der Waals surface area contributed by atoms with Crippen LogP contribution in [0.1, 0.15) is 69.0 Å². The topological polar surface area (TPSA) is 108 Å². The quantitative estimate of drug-likeness (QED) is 0.437. The number of pyridine rings is 1. The van der Waals surface area contributed by atoms with Gasteiger partial charge in [-0.05, 0) is 55.7 Å². The zero-order chi connectivity index (χ0) is 29.7. The van der Waals surface area contributed by atoms with E-state index in [1.165, 1.54) is 0 Å². The predicted molar refractivity (Wildman–Crippen MR) is 151 cm³/mol. The van der Waals surface area contributed by atoms with Crippen LogP contribution in [-0.2, 0) is 32.1 Å². The Morgan fingerprint density at radius 1 is 0.952 bits per heavy atom. The molecule has 2 aliphatic carbocycles. The molecule has 3 aliphatic rings. The molecule has 0 unspecified atom stereocenters. The maximum absolute atomic E-state index is 13.9. The van der Waals surface area contributed by atoms with Gasteiger partial charge < -0.3 is 15.5 Å². The average molecular weight is 581 g/mol. The number of nitrogens with zero attached hydrogens (tertiary/aromatic N) is 2. The molecule has 10 heteroatoms. The first kappa shape index (κ1) is 29.8. The van der Waals surface area contributed by atoms with Gasteiger partial charge in [-0.2, -0.15) is 0 Å². The minimum Gasteiger partial charge on any atom is -0.344 e. The number of nitrogens with one attached hydrogen (secondary N) is 2. The summed E-state index contributed by atoms with van der Waals surface area (Å²) < 4.78 is 27.7. The van der Waals surface area contributed by atoms with E-state index in [-0.39, 0.29) is 56.5 Å². The maximum Gasteiger partial charge on any atom is 0.289 e. The highest BCUT2D eigenvalue weighted by atomic mass is 19.3. The van der Waals surface area contributed by atoms with E-state index in [1.54, 1.807) is 29.3 Å². The molecular formula is C32H38F2N4O4. The number of likely N-dealkylation sites (tertiary alicyclic amines) is 1. The number of halogens is 2. The summed E-state index contributed by atoms with van der Waals surface area (Å²) in [5.74, 6) is -5.49. The SMILES string of the molecule is O=C(NCc1ccccn1)C(=O)[C@@H](Cc1ccccc1)NC(=O)[C@@H]1C[C@@H]2CCCC[C@@H]2N1C(=O)C1CCC(F)(F)CC1. The Kier molecular flexibility index (Phi) is 9.28. The molecule has 1 aromatic heterocycles. The van der Waals surface area contributed by atoms with Gasteiger partial charge in [0.2, 0.25) is 23.5 Å². The van der Waals surface area contributed by atoms with Gasteiger partial charge in [0.15, 0.2) is 0 Å². The van der Waals surface area contributed by atoms with Crippen LogP contribution in [0.5, 0.6) is 0 Å². The third kappa shape index (κ3) is 7.02. The molecule has 3 amide bonds. The minimum absolute atomic E-state index is 0.0616. The molecule has 42 heavy (non-hydrogen) atoms. The summed E-state index contributed by atoms with van der Waals surface area (Å²) in [4.78, 5) is 59.8. The molecule has 224 valence electrons. The van der Waals surface area contributed by atoms with E-state index < -0.39 is 41.5 Å². The summed E-state index contributed by atoms with van der Waals surface area (Å²) in [5, 5.41) is 5.42. The van der Waals surface area contributed by atoms with Gasteiger partial charge in [0.25, 0.3) is 5.91 Å². The number of ketones is 1. The lowest BCUT2D eigenvalue weighted by Gasteiger charge is -2.38. The van der Waals surface area contributed by atoms with Crippen molar-refractivity contribution in [2.75, 3.05) is 0 Å². The third-order valence-electron chi connectivity index (χ3n) is 9.01. The molecule has 0 radical (unpaired) electrons. The fourth-order valence-corrected chi connectivity index (χ4v) is 6.75. The molecule has 1 aromatic carbocycles. The molecule has 1 aliphatic heterocycles. The van der Waals surface area contributed by atoms with Crippen molar-refractivity contribution >= 4 is 23.5 Å². The summed E-state index contributed by atoms with van der Waals surface area (Å²) >= 11 is 0. The van der Waals surface area contributed by atoms with E-state index in [9.17, 15) is 28.0 Å². The molecule has 2 heterocycles. The van der Waals surface area contributed by atoms with Crippen LogP contribution < -0.4 is 10.6 Å². The van der Waals surface area contributed by atoms with Crippen molar-refractivity contribution < 1.29 is 28.0 Å². The van der Waals surface area contributed by atoms with Gasteiger partial charge in [0.05, 0.1) is 12.2 Å². The molecule has 2 saturated carbocycles. The molecule has 2 aromatic rings. The van der Waals surface area contributed by atoms with Gasteiger partial charge in [0.1, 0.15) is 12.1 Å². The highest BCUT2D eigenvalue weighted by molar-refractivity contribution is 6.38. The molecular weight excluding hydrogens is 542 g/mol. The van der Waals surface area contributed by atoms with E-state index in [0.29, 0.717) is 12.1 Å². The van der Waals surface area contributed by atoms with Crippen LogP contribution in [-0.4, -0.2) is 57.4 Å². The van der Waals surface area contributed by atoms with Crippen LogP contribution in [0.25, 0.3) is 0 Å². The number of fused-ring (bicyclic) bond motifs is 1. The van der Waals surface area contributed by atoms with Gasteiger partial charge in [-0.15, -0.1) is 0 Å². The number of carbonyl (C=O) groups is 4. The van der Waals surface area contributed by atoms with Crippen molar-refractivity contribution in [3.05, 3.63) is 66.0 Å². The number of benzene rings is 1. The highest BCUT2D eigenvalue weighted by Gasteiger charge is 2.50. The van der Waals surface area contributed by atoms with E-state index >= 15 is 0 Å². The number of aromatic nitrogens is 1. The van der Waals surface area contributed by atoms with Gasteiger partial charge in [-0.3, -0.25) is 24.2 Å². The maximum atomic E-state index is 13.9. The highest BCUT2D eigenvalue weighted by Crippen LogP contribution is 2.43. The number of amides is 3. The number of Topliss-reactive ketones (excluding diaryl/α,β-unsaturated/α-hetero) is 1. The van der Waals surface area contributed by atoms with Crippen molar-refractivity contribution in [3.63, 3.8) is 0 Å². The summed E-state index contributed by atoms with van der Waals surface area (Å²) in [5.41, 5.74) is 1.36. The standard InChI is InChI=1S/C32H38F2N4O4/c33-32(34)15-13-22(14-16-32)31(42)38-26-12-5-4-10-23(26)19-27(38)29(40)37-25(18-21-8-2-1-3-9-21)28(39)30(41)36-20-24-11-6-7-17-35-24/h1-3,6-9,11,17,22-23,25-27H,4-5,10,12-16,18-20H2,(H,36,41)(H,37,40)/t23-,25+,26-,27-/m0/s1. The monoisotopic (exact) mass is 580 g/mol. The lowest BCUT2D eigenvalue weighted by molar-refractivity contribution is -0.148. The Morgan fingerprint density at radius 3 is 2.38 bits per heavy atom. The second-order valence-electron chi connectivity index (χ2n) is 11.9. The van der Waals surface area contributed by atoms with Crippen molar-refractivity contribution in [2.45, 2.75) is 94.8 Å². The van der Waals surface area contributed by atoms with Crippen molar-refractivity contribution in [1.82, 2.24) is 20.5 Å². The van der Waals surface area contributed by atoms with E-state index in [1.807, 2.05) is 30.3 Å². The Hall–Kier alpha value is -3.69. The van der Waals surface area contributed by atoms with Crippen LogP contribution >= 0.6 is 0 Å². The van der Waals surface area contributed by atoms with Crippen molar-refractivity contribution in [1.29, 1.82) is 0 Å². The van der Waals surface area contributed by atoms with Crippen LogP contribution in [0.3, 0.4) is 0 Å². The number of carbonyl (C=O) groups excluding carboxylic acids is 4. The lowest BCUT2D eigenvalue weighted by Crippen LogP contribution is -2.56. The third-order valence-corrected chi connectivity index (χ3v) is 9.01. The lowest BCUT2D eigenvalue weighted by atomic mass is 9.83. The molecule has 8 nitrogen and oxygen atoms in total. The van der Waals surface area contributed by atoms with Gasteiger partial charge in [0, 0.05) is 37.4 Å². The first-order chi connectivity index (χ1) is 20.2. The van der Waals surface area contributed by atoms with Crippen LogP contribution in [0, 0.1) is 11.8 Å². The van der Waals surface area contributed by atoms with Crippen molar-refractivity contribution in [2.24, 2.45) is 11.8 Å². The molecule has 0 bridgehead atoms. The number of rotatable bonds is 9. The van der Waals surface area contributed by atoms with Crippen molar-refractivity contribution in [3.8, 4) is 0 Å².